The third kappa shape index (κ3) is 2.46. The number of anilines is 2. The molecule has 4 rings (SSSR count). The number of hydrogen-bond donors (Lipinski definition) is 1. The maximum atomic E-state index is 12.5. The molecule has 0 bridgehead atoms. The number of nitrogens with zero attached hydrogens (tertiary/aromatic N) is 2. The molecule has 0 saturated heterocycles. The highest BCUT2D eigenvalue weighted by Crippen LogP contribution is 2.23. The van der Waals surface area contributed by atoms with Gasteiger partial charge in [-0.1, -0.05) is 12.1 Å². The Labute approximate surface area is 138 Å². The smallest absolute Gasteiger partial charge is 0.293 e. The van der Waals surface area contributed by atoms with E-state index >= 15 is 0 Å². The minimum Gasteiger partial charge on any atom is -0.464 e. The second-order valence-corrected chi connectivity index (χ2v) is 5.49. The summed E-state index contributed by atoms with van der Waals surface area (Å²) in [5.74, 6) is 1.11. The van der Waals surface area contributed by atoms with Gasteiger partial charge in [0.1, 0.15) is 5.76 Å². The molecule has 5 heteroatoms. The fraction of sp³-hybridized carbons (Fsp3) is 0.0526. The Balaban J connectivity index is 1.69. The Morgan fingerprint density at radius 2 is 1.79 bits per heavy atom. The monoisotopic (exact) mass is 317 g/mol. The number of aromatic nitrogens is 2. The summed E-state index contributed by atoms with van der Waals surface area (Å²) in [6, 6.07) is 19.0. The van der Waals surface area contributed by atoms with Crippen molar-refractivity contribution in [2.45, 2.75) is 0 Å². The maximum Gasteiger partial charge on any atom is 0.293 e. The second kappa shape index (κ2) is 5.70. The van der Waals surface area contributed by atoms with Crippen LogP contribution >= 0.6 is 0 Å². The van der Waals surface area contributed by atoms with Crippen molar-refractivity contribution in [1.82, 2.24) is 9.55 Å². The van der Waals surface area contributed by atoms with E-state index in [-0.39, 0.29) is 5.56 Å². The molecular formula is C19H15N3O2. The van der Waals surface area contributed by atoms with Crippen LogP contribution in [0, 0.1) is 0 Å². The number of fused-ring (bicyclic) bond motifs is 1. The molecule has 2 aromatic carbocycles. The van der Waals surface area contributed by atoms with E-state index in [9.17, 15) is 4.79 Å². The zero-order valence-electron chi connectivity index (χ0n) is 13.1. The van der Waals surface area contributed by atoms with E-state index in [4.69, 9.17) is 4.42 Å². The SMILES string of the molecule is Cn1c(=O)c(Nc2ccc(-c3ccco3)cc2)nc2ccccc21. The average Bonchev–Trinajstić information content (AvgIpc) is 3.15. The van der Waals surface area contributed by atoms with Crippen molar-refractivity contribution >= 4 is 22.5 Å². The zero-order valence-corrected chi connectivity index (χ0v) is 13.1. The van der Waals surface area contributed by atoms with Crippen LogP contribution in [0.15, 0.2) is 76.1 Å². The van der Waals surface area contributed by atoms with Crippen LogP contribution in [0.25, 0.3) is 22.4 Å². The summed E-state index contributed by atoms with van der Waals surface area (Å²) in [5.41, 5.74) is 3.19. The van der Waals surface area contributed by atoms with Crippen molar-refractivity contribution in [2.75, 3.05) is 5.32 Å². The van der Waals surface area contributed by atoms with Gasteiger partial charge in [-0.2, -0.15) is 0 Å². The average molecular weight is 317 g/mol. The van der Waals surface area contributed by atoms with Gasteiger partial charge in [0, 0.05) is 18.3 Å². The molecule has 0 atom stereocenters. The summed E-state index contributed by atoms with van der Waals surface area (Å²) in [6.07, 6.45) is 1.64. The molecular weight excluding hydrogens is 302 g/mol. The van der Waals surface area contributed by atoms with Gasteiger partial charge in [0.15, 0.2) is 5.82 Å². The molecule has 2 heterocycles. The Morgan fingerprint density at radius 3 is 2.54 bits per heavy atom. The molecule has 0 saturated carbocycles. The van der Waals surface area contributed by atoms with Gasteiger partial charge in [-0.3, -0.25) is 4.79 Å². The number of nitrogens with one attached hydrogen (secondary N) is 1. The standard InChI is InChI=1S/C19H15N3O2/c1-22-16-6-3-2-5-15(16)21-18(19(22)23)20-14-10-8-13(9-11-14)17-7-4-12-24-17/h2-12H,1H3,(H,20,21). The first-order valence-electron chi connectivity index (χ1n) is 7.59. The van der Waals surface area contributed by atoms with Gasteiger partial charge in [0.2, 0.25) is 0 Å². The Morgan fingerprint density at radius 1 is 1.00 bits per heavy atom. The Kier molecular flexibility index (Phi) is 3.39. The van der Waals surface area contributed by atoms with E-state index in [1.807, 2.05) is 60.7 Å². The highest BCUT2D eigenvalue weighted by Gasteiger charge is 2.08. The Bertz CT molecular complexity index is 1050. The normalized spacial score (nSPS) is 10.9. The zero-order chi connectivity index (χ0) is 16.5. The quantitative estimate of drug-likeness (QED) is 0.622. The predicted octanol–water partition coefficient (Wildman–Crippen LogP) is 3.94. The van der Waals surface area contributed by atoms with Gasteiger partial charge in [-0.05, 0) is 48.5 Å². The molecule has 24 heavy (non-hydrogen) atoms. The molecule has 0 unspecified atom stereocenters. The Hall–Kier alpha value is -3.34. The third-order valence-corrected chi connectivity index (χ3v) is 3.94. The topological polar surface area (TPSA) is 60.1 Å². The summed E-state index contributed by atoms with van der Waals surface area (Å²) in [6.45, 7) is 0. The van der Waals surface area contributed by atoms with E-state index in [1.165, 1.54) is 0 Å². The predicted molar refractivity (Wildman–Crippen MR) is 94.4 cm³/mol. The largest absolute Gasteiger partial charge is 0.464 e. The highest BCUT2D eigenvalue weighted by atomic mass is 16.3. The first-order valence-corrected chi connectivity index (χ1v) is 7.59. The van der Waals surface area contributed by atoms with E-state index in [1.54, 1.807) is 17.9 Å². The van der Waals surface area contributed by atoms with E-state index < -0.39 is 0 Å². The summed E-state index contributed by atoms with van der Waals surface area (Å²) >= 11 is 0. The van der Waals surface area contributed by atoms with Crippen molar-refractivity contribution < 1.29 is 4.42 Å². The lowest BCUT2D eigenvalue weighted by Crippen LogP contribution is -2.21. The molecule has 0 fully saturated rings. The first kappa shape index (κ1) is 14.3. The fourth-order valence-electron chi connectivity index (χ4n) is 2.66. The van der Waals surface area contributed by atoms with Crippen molar-refractivity contribution in [1.29, 1.82) is 0 Å². The van der Waals surface area contributed by atoms with Gasteiger partial charge in [-0.25, -0.2) is 4.98 Å². The maximum absolute atomic E-state index is 12.5. The van der Waals surface area contributed by atoms with Crippen LogP contribution in [-0.4, -0.2) is 9.55 Å². The van der Waals surface area contributed by atoms with Gasteiger partial charge in [-0.15, -0.1) is 0 Å². The van der Waals surface area contributed by atoms with Gasteiger partial charge in [0.05, 0.1) is 17.3 Å². The van der Waals surface area contributed by atoms with Crippen LogP contribution in [0.1, 0.15) is 0 Å². The highest BCUT2D eigenvalue weighted by molar-refractivity contribution is 5.77. The number of aryl methyl sites for hydroxylation is 1. The van der Waals surface area contributed by atoms with Crippen LogP contribution in [0.5, 0.6) is 0 Å². The second-order valence-electron chi connectivity index (χ2n) is 5.49. The molecule has 0 aliphatic carbocycles. The number of para-hydroxylation sites is 2. The molecule has 0 spiro atoms. The molecule has 1 N–H and O–H groups in total. The van der Waals surface area contributed by atoms with E-state index in [0.717, 1.165) is 28.0 Å². The first-order chi connectivity index (χ1) is 11.7. The van der Waals surface area contributed by atoms with Crippen molar-refractivity contribution in [2.24, 2.45) is 7.05 Å². The molecule has 2 aromatic heterocycles. The number of rotatable bonds is 3. The van der Waals surface area contributed by atoms with Crippen LogP contribution < -0.4 is 10.9 Å². The van der Waals surface area contributed by atoms with Gasteiger partial charge in [0.25, 0.3) is 5.56 Å². The molecule has 0 aliphatic heterocycles. The molecule has 118 valence electrons. The van der Waals surface area contributed by atoms with Gasteiger partial charge < -0.3 is 14.3 Å². The summed E-state index contributed by atoms with van der Waals surface area (Å²) in [4.78, 5) is 16.9. The molecule has 0 radical (unpaired) electrons. The molecule has 4 aromatic rings. The lowest BCUT2D eigenvalue weighted by molar-refractivity contribution is 0.582. The minimum atomic E-state index is -0.163. The third-order valence-electron chi connectivity index (χ3n) is 3.94. The van der Waals surface area contributed by atoms with E-state index in [0.29, 0.717) is 5.82 Å². The van der Waals surface area contributed by atoms with Crippen LogP contribution in [-0.2, 0) is 7.05 Å². The lowest BCUT2D eigenvalue weighted by Gasteiger charge is -2.10. The van der Waals surface area contributed by atoms with Crippen molar-refractivity contribution in [3.63, 3.8) is 0 Å². The van der Waals surface area contributed by atoms with Crippen LogP contribution in [0.3, 0.4) is 0 Å². The van der Waals surface area contributed by atoms with Gasteiger partial charge >= 0.3 is 0 Å². The fourth-order valence-corrected chi connectivity index (χ4v) is 2.66. The summed E-state index contributed by atoms with van der Waals surface area (Å²) in [7, 11) is 1.75. The number of furan rings is 1. The summed E-state index contributed by atoms with van der Waals surface area (Å²) < 4.78 is 6.97. The van der Waals surface area contributed by atoms with Crippen LogP contribution in [0.4, 0.5) is 11.5 Å². The molecule has 5 nitrogen and oxygen atoms in total. The van der Waals surface area contributed by atoms with Crippen molar-refractivity contribution in [3.05, 3.63) is 77.3 Å². The lowest BCUT2D eigenvalue weighted by atomic mass is 10.1. The number of hydrogen-bond acceptors (Lipinski definition) is 4. The molecule has 0 amide bonds. The molecule has 0 aliphatic rings. The number of benzene rings is 2. The van der Waals surface area contributed by atoms with E-state index in [2.05, 4.69) is 10.3 Å². The summed E-state index contributed by atoms with van der Waals surface area (Å²) in [5, 5.41) is 3.10. The van der Waals surface area contributed by atoms with Crippen LogP contribution in [0.2, 0.25) is 0 Å². The minimum absolute atomic E-state index is 0.163. The van der Waals surface area contributed by atoms with Crippen molar-refractivity contribution in [3.8, 4) is 11.3 Å².